The molecule has 0 fully saturated rings. The third kappa shape index (κ3) is 7.05. The number of aryl methyl sites for hydroxylation is 1. The minimum Gasteiger partial charge on any atom is -0.469 e. The van der Waals surface area contributed by atoms with Crippen LogP contribution in [0, 0.1) is 19.3 Å². The highest BCUT2D eigenvalue weighted by molar-refractivity contribution is 8.00. The molecule has 1 aromatic carbocycles. The average Bonchev–Trinajstić information content (AvgIpc) is 3.06. The molecule has 0 atom stereocenters. The average molecular weight is 474 g/mol. The molecule has 33 heavy (non-hydrogen) atoms. The highest BCUT2D eigenvalue weighted by Crippen LogP contribution is 2.26. The second-order valence-corrected chi connectivity index (χ2v) is 9.74. The molecule has 1 aromatic heterocycles. The second kappa shape index (κ2) is 11.3. The third-order valence-electron chi connectivity index (χ3n) is 5.28. The lowest BCUT2D eigenvalue weighted by molar-refractivity contribution is -0.140. The van der Waals surface area contributed by atoms with Crippen LogP contribution in [-0.2, 0) is 25.6 Å². The Kier molecular flexibility index (Phi) is 9.05. The van der Waals surface area contributed by atoms with Gasteiger partial charge in [-0.3, -0.25) is 14.4 Å². The SMILES string of the molecule is COC(=O)CCn1c(C)cc(C(=O)CSc2ccccc2C(=O)OCC(=O)C(C)(C)C)c1C. The van der Waals surface area contributed by atoms with Crippen LogP contribution in [0.25, 0.3) is 0 Å². The van der Waals surface area contributed by atoms with E-state index in [1.54, 1.807) is 45.0 Å². The van der Waals surface area contributed by atoms with Gasteiger partial charge in [0.2, 0.25) is 0 Å². The molecule has 0 bridgehead atoms. The van der Waals surface area contributed by atoms with Crippen molar-refractivity contribution < 1.29 is 28.7 Å². The zero-order valence-electron chi connectivity index (χ0n) is 20.0. The fourth-order valence-corrected chi connectivity index (χ4v) is 4.06. The van der Waals surface area contributed by atoms with Crippen LogP contribution in [-0.4, -0.2) is 47.5 Å². The van der Waals surface area contributed by atoms with E-state index in [-0.39, 0.29) is 36.3 Å². The van der Waals surface area contributed by atoms with E-state index in [1.165, 1.54) is 18.9 Å². The summed E-state index contributed by atoms with van der Waals surface area (Å²) in [5.74, 6) is -1.02. The molecule has 0 radical (unpaired) electrons. The monoisotopic (exact) mass is 473 g/mol. The molecule has 0 spiro atoms. The van der Waals surface area contributed by atoms with E-state index in [0.717, 1.165) is 11.4 Å². The first kappa shape index (κ1) is 26.4. The van der Waals surface area contributed by atoms with Gasteiger partial charge in [-0.2, -0.15) is 0 Å². The summed E-state index contributed by atoms with van der Waals surface area (Å²) < 4.78 is 11.8. The van der Waals surface area contributed by atoms with Gasteiger partial charge in [-0.05, 0) is 32.0 Å². The molecule has 1 heterocycles. The van der Waals surface area contributed by atoms with Crippen LogP contribution in [0.15, 0.2) is 35.2 Å². The molecule has 0 aliphatic carbocycles. The van der Waals surface area contributed by atoms with Gasteiger partial charge in [0.05, 0.1) is 24.8 Å². The maximum atomic E-state index is 12.9. The van der Waals surface area contributed by atoms with E-state index in [4.69, 9.17) is 9.47 Å². The number of carbonyl (C=O) groups excluding carboxylic acids is 4. The number of ketones is 2. The van der Waals surface area contributed by atoms with Gasteiger partial charge >= 0.3 is 11.9 Å². The molecule has 0 amide bonds. The first-order valence-corrected chi connectivity index (χ1v) is 11.6. The number of esters is 2. The van der Waals surface area contributed by atoms with Crippen LogP contribution in [0.3, 0.4) is 0 Å². The van der Waals surface area contributed by atoms with Crippen molar-refractivity contribution in [2.45, 2.75) is 52.5 Å². The maximum absolute atomic E-state index is 12.9. The Morgan fingerprint density at radius 2 is 1.70 bits per heavy atom. The van der Waals surface area contributed by atoms with Gasteiger partial charge in [0.1, 0.15) is 0 Å². The lowest BCUT2D eigenvalue weighted by Crippen LogP contribution is -2.26. The lowest BCUT2D eigenvalue weighted by Gasteiger charge is -2.16. The Balaban J connectivity index is 2.07. The van der Waals surface area contributed by atoms with Gasteiger partial charge in [0.15, 0.2) is 18.2 Å². The van der Waals surface area contributed by atoms with Gasteiger partial charge in [0.25, 0.3) is 0 Å². The number of carbonyl (C=O) groups is 4. The van der Waals surface area contributed by atoms with Gasteiger partial charge < -0.3 is 14.0 Å². The van der Waals surface area contributed by atoms with Crippen molar-refractivity contribution >= 4 is 35.3 Å². The van der Waals surface area contributed by atoms with E-state index >= 15 is 0 Å². The topological polar surface area (TPSA) is 91.7 Å². The van der Waals surface area contributed by atoms with E-state index in [2.05, 4.69) is 0 Å². The van der Waals surface area contributed by atoms with Crippen LogP contribution in [0.1, 0.15) is 59.3 Å². The zero-order chi connectivity index (χ0) is 24.8. The van der Waals surface area contributed by atoms with Crippen molar-refractivity contribution in [1.82, 2.24) is 4.57 Å². The summed E-state index contributed by atoms with van der Waals surface area (Å²) in [6.07, 6.45) is 0.225. The van der Waals surface area contributed by atoms with Crippen LogP contribution in [0.2, 0.25) is 0 Å². The molecule has 7 nitrogen and oxygen atoms in total. The standard InChI is InChI=1S/C25H31NO6S/c1-16-13-19(17(2)26(16)12-11-23(29)31-6)20(27)15-33-21-10-8-7-9-18(21)24(30)32-14-22(28)25(3,4)5/h7-10,13H,11-12,14-15H2,1-6H3. The molecule has 0 saturated carbocycles. The van der Waals surface area contributed by atoms with Crippen molar-refractivity contribution in [3.8, 4) is 0 Å². The fraction of sp³-hybridized carbons (Fsp3) is 0.440. The molecular formula is C25H31NO6S. The molecule has 8 heteroatoms. The van der Waals surface area contributed by atoms with E-state index in [1.807, 2.05) is 24.5 Å². The lowest BCUT2D eigenvalue weighted by atomic mass is 9.91. The Morgan fingerprint density at radius 1 is 1.03 bits per heavy atom. The summed E-state index contributed by atoms with van der Waals surface area (Å²) in [4.78, 5) is 49.6. The summed E-state index contributed by atoms with van der Waals surface area (Å²) in [7, 11) is 1.35. The highest BCUT2D eigenvalue weighted by Gasteiger charge is 2.24. The Labute approximate surface area is 198 Å². The van der Waals surface area contributed by atoms with Crippen molar-refractivity contribution in [3.63, 3.8) is 0 Å². The molecular weight excluding hydrogens is 442 g/mol. The summed E-state index contributed by atoms with van der Waals surface area (Å²) in [5, 5.41) is 0. The summed E-state index contributed by atoms with van der Waals surface area (Å²) in [5.41, 5.74) is 1.98. The number of rotatable bonds is 10. The summed E-state index contributed by atoms with van der Waals surface area (Å²) in [6, 6.07) is 8.68. The molecule has 2 aromatic rings. The Bertz CT molecular complexity index is 1050. The molecule has 0 N–H and O–H groups in total. The van der Waals surface area contributed by atoms with Gasteiger partial charge in [-0.25, -0.2) is 4.79 Å². The van der Waals surface area contributed by atoms with Gasteiger partial charge in [0, 0.05) is 33.8 Å². The summed E-state index contributed by atoms with van der Waals surface area (Å²) in [6.45, 7) is 9.18. The number of benzene rings is 1. The molecule has 178 valence electrons. The predicted molar refractivity (Wildman–Crippen MR) is 127 cm³/mol. The van der Waals surface area contributed by atoms with Crippen molar-refractivity contribution in [2.75, 3.05) is 19.5 Å². The highest BCUT2D eigenvalue weighted by atomic mass is 32.2. The molecule has 0 aliphatic heterocycles. The van der Waals surface area contributed by atoms with Crippen LogP contribution in [0.5, 0.6) is 0 Å². The maximum Gasteiger partial charge on any atom is 0.339 e. The van der Waals surface area contributed by atoms with Gasteiger partial charge in [-0.1, -0.05) is 32.9 Å². The number of hydrogen-bond donors (Lipinski definition) is 0. The van der Waals surface area contributed by atoms with Crippen molar-refractivity contribution in [2.24, 2.45) is 5.41 Å². The summed E-state index contributed by atoms with van der Waals surface area (Å²) >= 11 is 1.25. The van der Waals surface area contributed by atoms with Crippen molar-refractivity contribution in [1.29, 1.82) is 0 Å². The molecule has 0 unspecified atom stereocenters. The molecule has 0 saturated heterocycles. The first-order chi connectivity index (χ1) is 15.5. The zero-order valence-corrected chi connectivity index (χ0v) is 20.8. The number of thioether (sulfide) groups is 1. The van der Waals surface area contributed by atoms with E-state index in [0.29, 0.717) is 22.6 Å². The minimum absolute atomic E-state index is 0.0801. The number of hydrogen-bond acceptors (Lipinski definition) is 7. The number of aromatic nitrogens is 1. The molecule has 0 aliphatic rings. The largest absolute Gasteiger partial charge is 0.469 e. The molecule has 2 rings (SSSR count). The number of nitrogens with zero attached hydrogens (tertiary/aromatic N) is 1. The Morgan fingerprint density at radius 3 is 2.33 bits per heavy atom. The third-order valence-corrected chi connectivity index (χ3v) is 6.35. The van der Waals surface area contributed by atoms with E-state index in [9.17, 15) is 19.2 Å². The van der Waals surface area contributed by atoms with E-state index < -0.39 is 11.4 Å². The number of methoxy groups -OCH3 is 1. The smallest absolute Gasteiger partial charge is 0.339 e. The van der Waals surface area contributed by atoms with Crippen LogP contribution < -0.4 is 0 Å². The second-order valence-electron chi connectivity index (χ2n) is 8.72. The number of Topliss-reactive ketones (excluding diaryl/α,β-unsaturated/α-hetero) is 2. The predicted octanol–water partition coefficient (Wildman–Crippen LogP) is 4.42. The number of ether oxygens (including phenoxy) is 2. The van der Waals surface area contributed by atoms with Crippen molar-refractivity contribution in [3.05, 3.63) is 52.8 Å². The fourth-order valence-electron chi connectivity index (χ4n) is 3.14. The quantitative estimate of drug-likeness (QED) is 0.287. The van der Waals surface area contributed by atoms with Crippen LogP contribution in [0.4, 0.5) is 0 Å². The normalized spacial score (nSPS) is 11.2. The Hall–Kier alpha value is -2.87. The first-order valence-electron chi connectivity index (χ1n) is 10.6. The van der Waals surface area contributed by atoms with Crippen LogP contribution >= 0.6 is 11.8 Å². The van der Waals surface area contributed by atoms with Gasteiger partial charge in [-0.15, -0.1) is 11.8 Å². The minimum atomic E-state index is -0.593.